The Labute approximate surface area is 180 Å². The highest BCUT2D eigenvalue weighted by Gasteiger charge is 2.27. The van der Waals surface area contributed by atoms with E-state index in [-0.39, 0.29) is 24.3 Å². The van der Waals surface area contributed by atoms with E-state index in [4.69, 9.17) is 4.74 Å². The van der Waals surface area contributed by atoms with Gasteiger partial charge in [0, 0.05) is 12.6 Å². The van der Waals surface area contributed by atoms with Crippen LogP contribution in [0.4, 0.5) is 0 Å². The Morgan fingerprint density at radius 1 is 1.00 bits per heavy atom. The number of aryl methyl sites for hydroxylation is 2. The first-order valence-corrected chi connectivity index (χ1v) is 10.5. The lowest BCUT2D eigenvalue weighted by atomic mass is 10.0. The van der Waals surface area contributed by atoms with Crippen molar-refractivity contribution in [3.05, 3.63) is 64.7 Å². The summed E-state index contributed by atoms with van der Waals surface area (Å²) in [6.07, 6.45) is 1.10. The largest absolute Gasteiger partial charge is 0.497 e. The van der Waals surface area contributed by atoms with Crippen molar-refractivity contribution >= 4 is 11.8 Å². The lowest BCUT2D eigenvalue weighted by molar-refractivity contribution is -0.140. The second kappa shape index (κ2) is 10.8. The maximum Gasteiger partial charge on any atom is 0.242 e. The standard InChI is InChI=1S/C25H34N2O3/c1-7-19(4)26-25(29)20(5)27(16-21-8-10-23(30-6)11-9-21)24(28)15-22-13-17(2)12-18(3)14-22/h8-14,19-20H,7,15-16H2,1-6H3,(H,26,29). The van der Waals surface area contributed by atoms with Crippen LogP contribution in [0.3, 0.4) is 0 Å². The summed E-state index contributed by atoms with van der Waals surface area (Å²) in [6.45, 7) is 10.2. The van der Waals surface area contributed by atoms with E-state index < -0.39 is 6.04 Å². The van der Waals surface area contributed by atoms with E-state index in [9.17, 15) is 9.59 Å². The normalized spacial score (nSPS) is 12.7. The van der Waals surface area contributed by atoms with Gasteiger partial charge in [0.15, 0.2) is 0 Å². The van der Waals surface area contributed by atoms with Gasteiger partial charge in [-0.15, -0.1) is 0 Å². The van der Waals surface area contributed by atoms with Crippen LogP contribution in [-0.4, -0.2) is 35.9 Å². The SMILES string of the molecule is CCC(C)NC(=O)C(C)N(Cc1ccc(OC)cc1)C(=O)Cc1cc(C)cc(C)c1. The van der Waals surface area contributed by atoms with Gasteiger partial charge in [0.2, 0.25) is 11.8 Å². The molecule has 30 heavy (non-hydrogen) atoms. The summed E-state index contributed by atoms with van der Waals surface area (Å²) in [6, 6.07) is 13.2. The molecule has 0 aliphatic heterocycles. The number of hydrogen-bond donors (Lipinski definition) is 1. The Bertz CT molecular complexity index is 841. The van der Waals surface area contributed by atoms with E-state index in [2.05, 4.69) is 11.4 Å². The molecule has 0 fully saturated rings. The summed E-state index contributed by atoms with van der Waals surface area (Å²) in [5.41, 5.74) is 4.17. The number of nitrogens with one attached hydrogen (secondary N) is 1. The molecule has 0 saturated carbocycles. The molecule has 0 saturated heterocycles. The lowest BCUT2D eigenvalue weighted by Crippen LogP contribution is -2.49. The van der Waals surface area contributed by atoms with Crippen LogP contribution < -0.4 is 10.1 Å². The first-order valence-electron chi connectivity index (χ1n) is 10.5. The van der Waals surface area contributed by atoms with E-state index in [0.29, 0.717) is 6.54 Å². The van der Waals surface area contributed by atoms with E-state index >= 15 is 0 Å². The van der Waals surface area contributed by atoms with Gasteiger partial charge in [-0.2, -0.15) is 0 Å². The number of carbonyl (C=O) groups is 2. The van der Waals surface area contributed by atoms with Crippen LogP contribution >= 0.6 is 0 Å². The number of carbonyl (C=O) groups excluding carboxylic acids is 2. The molecule has 0 aliphatic carbocycles. The molecule has 5 nitrogen and oxygen atoms in total. The number of ether oxygens (including phenoxy) is 1. The Hall–Kier alpha value is -2.82. The van der Waals surface area contributed by atoms with Crippen LogP contribution in [0.15, 0.2) is 42.5 Å². The van der Waals surface area contributed by atoms with Crippen LogP contribution in [0.5, 0.6) is 5.75 Å². The zero-order chi connectivity index (χ0) is 22.3. The fourth-order valence-corrected chi connectivity index (χ4v) is 3.42. The first-order chi connectivity index (χ1) is 14.2. The fourth-order valence-electron chi connectivity index (χ4n) is 3.42. The van der Waals surface area contributed by atoms with Crippen LogP contribution in [0.1, 0.15) is 49.4 Å². The molecule has 0 heterocycles. The van der Waals surface area contributed by atoms with Gasteiger partial charge >= 0.3 is 0 Å². The third-order valence-corrected chi connectivity index (χ3v) is 5.32. The van der Waals surface area contributed by atoms with Crippen molar-refractivity contribution in [1.82, 2.24) is 10.2 Å². The molecule has 5 heteroatoms. The molecule has 0 aromatic heterocycles. The molecule has 2 amide bonds. The lowest BCUT2D eigenvalue weighted by Gasteiger charge is -2.30. The topological polar surface area (TPSA) is 58.6 Å². The van der Waals surface area contributed by atoms with Crippen LogP contribution in [0.25, 0.3) is 0 Å². The molecular formula is C25H34N2O3. The molecule has 2 aromatic carbocycles. The molecule has 0 aliphatic rings. The van der Waals surface area contributed by atoms with E-state index in [1.807, 2.05) is 64.1 Å². The Morgan fingerprint density at radius 2 is 1.60 bits per heavy atom. The summed E-state index contributed by atoms with van der Waals surface area (Å²) in [5.74, 6) is 0.559. The second-order valence-corrected chi connectivity index (χ2v) is 8.04. The number of methoxy groups -OCH3 is 1. The summed E-state index contributed by atoms with van der Waals surface area (Å²) >= 11 is 0. The van der Waals surface area contributed by atoms with Crippen molar-refractivity contribution in [2.24, 2.45) is 0 Å². The number of nitrogens with zero attached hydrogens (tertiary/aromatic N) is 1. The van der Waals surface area contributed by atoms with Crippen molar-refractivity contribution in [3.63, 3.8) is 0 Å². The van der Waals surface area contributed by atoms with Gasteiger partial charge in [0.1, 0.15) is 11.8 Å². The summed E-state index contributed by atoms with van der Waals surface area (Å²) in [4.78, 5) is 27.7. The molecular weight excluding hydrogens is 376 g/mol. The molecule has 0 spiro atoms. The van der Waals surface area contributed by atoms with Gasteiger partial charge in [-0.3, -0.25) is 9.59 Å². The summed E-state index contributed by atoms with van der Waals surface area (Å²) in [5, 5.41) is 3.00. The highest BCUT2D eigenvalue weighted by molar-refractivity contribution is 5.88. The number of hydrogen-bond acceptors (Lipinski definition) is 3. The average Bonchev–Trinajstić information content (AvgIpc) is 2.70. The molecule has 0 bridgehead atoms. The van der Waals surface area contributed by atoms with E-state index in [1.54, 1.807) is 18.9 Å². The van der Waals surface area contributed by atoms with E-state index in [0.717, 1.165) is 34.4 Å². The predicted octanol–water partition coefficient (Wildman–Crippen LogP) is 4.19. The molecule has 2 atom stereocenters. The third kappa shape index (κ3) is 6.61. The van der Waals surface area contributed by atoms with Crippen molar-refractivity contribution in [2.75, 3.05) is 7.11 Å². The fraction of sp³-hybridized carbons (Fsp3) is 0.440. The third-order valence-electron chi connectivity index (χ3n) is 5.32. The summed E-state index contributed by atoms with van der Waals surface area (Å²) < 4.78 is 5.22. The number of rotatable bonds is 9. The van der Waals surface area contributed by atoms with Crippen molar-refractivity contribution in [3.8, 4) is 5.75 Å². The highest BCUT2D eigenvalue weighted by Crippen LogP contribution is 2.17. The Balaban J connectivity index is 2.25. The quantitative estimate of drug-likeness (QED) is 0.674. The minimum Gasteiger partial charge on any atom is -0.497 e. The predicted molar refractivity (Wildman–Crippen MR) is 121 cm³/mol. The molecule has 2 unspecified atom stereocenters. The number of amides is 2. The maximum absolute atomic E-state index is 13.3. The highest BCUT2D eigenvalue weighted by atomic mass is 16.5. The average molecular weight is 411 g/mol. The van der Waals surface area contributed by atoms with Gasteiger partial charge in [-0.1, -0.05) is 48.4 Å². The van der Waals surface area contributed by atoms with Gasteiger partial charge in [0.25, 0.3) is 0 Å². The molecule has 2 aromatic rings. The minimum atomic E-state index is -0.570. The van der Waals surface area contributed by atoms with Crippen LogP contribution in [-0.2, 0) is 22.6 Å². The van der Waals surface area contributed by atoms with Gasteiger partial charge in [-0.25, -0.2) is 0 Å². The first kappa shape index (κ1) is 23.5. The Kier molecular flexibility index (Phi) is 8.46. The van der Waals surface area contributed by atoms with E-state index in [1.165, 1.54) is 0 Å². The smallest absolute Gasteiger partial charge is 0.242 e. The van der Waals surface area contributed by atoms with Crippen molar-refractivity contribution in [1.29, 1.82) is 0 Å². The van der Waals surface area contributed by atoms with Gasteiger partial charge in [0.05, 0.1) is 13.5 Å². The Morgan fingerprint density at radius 3 is 2.13 bits per heavy atom. The van der Waals surface area contributed by atoms with Gasteiger partial charge in [-0.05, 0) is 57.4 Å². The maximum atomic E-state index is 13.3. The molecule has 2 rings (SSSR count). The van der Waals surface area contributed by atoms with Crippen molar-refractivity contribution < 1.29 is 14.3 Å². The monoisotopic (exact) mass is 410 g/mol. The molecule has 0 radical (unpaired) electrons. The molecule has 1 N–H and O–H groups in total. The van der Waals surface area contributed by atoms with Crippen LogP contribution in [0, 0.1) is 13.8 Å². The second-order valence-electron chi connectivity index (χ2n) is 8.04. The van der Waals surface area contributed by atoms with Crippen LogP contribution in [0.2, 0.25) is 0 Å². The summed E-state index contributed by atoms with van der Waals surface area (Å²) in [7, 11) is 1.62. The molecule has 162 valence electrons. The van der Waals surface area contributed by atoms with Gasteiger partial charge < -0.3 is 15.0 Å². The zero-order valence-corrected chi connectivity index (χ0v) is 19.0. The van der Waals surface area contributed by atoms with Crippen molar-refractivity contribution in [2.45, 2.75) is 66.1 Å². The number of benzene rings is 2. The minimum absolute atomic E-state index is 0.0670. The zero-order valence-electron chi connectivity index (χ0n) is 19.0.